The normalized spacial score (nSPS) is 11.3. The average molecular weight is 376 g/mol. The van der Waals surface area contributed by atoms with E-state index in [1.54, 1.807) is 13.0 Å². The highest BCUT2D eigenvalue weighted by Gasteiger charge is 2.18. The molecule has 1 heterocycles. The zero-order valence-electron chi connectivity index (χ0n) is 10.3. The zero-order chi connectivity index (χ0) is 14.9. The molecule has 5 nitrogen and oxygen atoms in total. The van der Waals surface area contributed by atoms with Crippen LogP contribution in [0.5, 0.6) is 0 Å². The van der Waals surface area contributed by atoms with Crippen LogP contribution in [-0.2, 0) is 10.0 Å². The van der Waals surface area contributed by atoms with E-state index in [1.165, 1.54) is 24.3 Å². The minimum atomic E-state index is -3.71. The number of hydrogen-bond donors (Lipinski definition) is 2. The Kier molecular flexibility index (Phi) is 4.17. The Labute approximate surface area is 128 Å². The van der Waals surface area contributed by atoms with Crippen LogP contribution < -0.4 is 4.72 Å². The zero-order valence-corrected chi connectivity index (χ0v) is 13.5. The summed E-state index contributed by atoms with van der Waals surface area (Å²) in [5.74, 6) is -1.11. The molecule has 106 valence electrons. The van der Waals surface area contributed by atoms with E-state index < -0.39 is 16.0 Å². The van der Waals surface area contributed by atoms with Crippen LogP contribution in [0.2, 0.25) is 0 Å². The molecule has 0 fully saturated rings. The minimum Gasteiger partial charge on any atom is -0.478 e. The average Bonchev–Trinajstić information content (AvgIpc) is 2.70. The van der Waals surface area contributed by atoms with Gasteiger partial charge >= 0.3 is 5.97 Å². The predicted molar refractivity (Wildman–Crippen MR) is 81.0 cm³/mol. The number of aromatic carboxylic acids is 1. The smallest absolute Gasteiger partial charge is 0.335 e. The van der Waals surface area contributed by atoms with Crippen molar-refractivity contribution in [2.24, 2.45) is 0 Å². The number of hydrogen-bond acceptors (Lipinski definition) is 4. The van der Waals surface area contributed by atoms with Gasteiger partial charge in [-0.1, -0.05) is 6.07 Å². The van der Waals surface area contributed by atoms with E-state index in [-0.39, 0.29) is 15.5 Å². The predicted octanol–water partition coefficient (Wildman–Crippen LogP) is 3.32. The first-order chi connectivity index (χ1) is 9.29. The second-order valence-corrected chi connectivity index (χ2v) is 8.29. The number of carbonyl (C=O) groups is 1. The van der Waals surface area contributed by atoms with Crippen molar-refractivity contribution in [3.63, 3.8) is 0 Å². The Morgan fingerprint density at radius 2 is 2.05 bits per heavy atom. The second-order valence-electron chi connectivity index (χ2n) is 4.01. The lowest BCUT2D eigenvalue weighted by Crippen LogP contribution is -2.12. The van der Waals surface area contributed by atoms with Crippen LogP contribution in [-0.4, -0.2) is 19.5 Å². The van der Waals surface area contributed by atoms with Crippen molar-refractivity contribution in [1.29, 1.82) is 0 Å². The quantitative estimate of drug-likeness (QED) is 0.858. The van der Waals surface area contributed by atoms with Gasteiger partial charge in [-0.2, -0.15) is 0 Å². The molecule has 0 radical (unpaired) electrons. The third kappa shape index (κ3) is 3.20. The van der Waals surface area contributed by atoms with Crippen LogP contribution in [0.3, 0.4) is 0 Å². The van der Waals surface area contributed by atoms with Crippen molar-refractivity contribution < 1.29 is 18.3 Å². The van der Waals surface area contributed by atoms with Crippen molar-refractivity contribution in [1.82, 2.24) is 0 Å². The van der Waals surface area contributed by atoms with Crippen LogP contribution in [0.1, 0.15) is 15.9 Å². The molecule has 0 bridgehead atoms. The van der Waals surface area contributed by atoms with Crippen molar-refractivity contribution >= 4 is 48.9 Å². The molecule has 0 saturated heterocycles. The van der Waals surface area contributed by atoms with E-state index in [0.717, 1.165) is 20.7 Å². The monoisotopic (exact) mass is 375 g/mol. The van der Waals surface area contributed by atoms with Crippen molar-refractivity contribution in [3.8, 4) is 0 Å². The van der Waals surface area contributed by atoms with E-state index >= 15 is 0 Å². The number of halogens is 1. The van der Waals surface area contributed by atoms with Crippen LogP contribution in [0.15, 0.2) is 38.3 Å². The number of carboxylic acid groups (broad SMARTS) is 1. The summed E-state index contributed by atoms with van der Waals surface area (Å²) >= 11 is 4.37. The standard InChI is InChI=1S/C12H10BrNO4S2/c1-7-5-10(19-11(7)13)20(17,18)14-9-4-2-3-8(6-9)12(15)16/h2-6,14H,1H3,(H,15,16). The molecule has 0 saturated carbocycles. The summed E-state index contributed by atoms with van der Waals surface area (Å²) in [7, 11) is -3.71. The number of nitrogens with one attached hydrogen (secondary N) is 1. The van der Waals surface area contributed by atoms with E-state index in [1.807, 2.05) is 0 Å². The highest BCUT2D eigenvalue weighted by molar-refractivity contribution is 9.11. The van der Waals surface area contributed by atoms with Crippen LogP contribution >= 0.6 is 27.3 Å². The van der Waals surface area contributed by atoms with Gasteiger partial charge in [-0.3, -0.25) is 4.72 Å². The topological polar surface area (TPSA) is 83.5 Å². The van der Waals surface area contributed by atoms with Gasteiger partial charge in [-0.15, -0.1) is 11.3 Å². The van der Waals surface area contributed by atoms with Gasteiger partial charge in [0.25, 0.3) is 10.0 Å². The van der Waals surface area contributed by atoms with E-state index in [0.29, 0.717) is 0 Å². The van der Waals surface area contributed by atoms with Crippen LogP contribution in [0, 0.1) is 6.92 Å². The largest absolute Gasteiger partial charge is 0.478 e. The fourth-order valence-electron chi connectivity index (χ4n) is 1.49. The summed E-state index contributed by atoms with van der Waals surface area (Å²) in [6.45, 7) is 1.80. The van der Waals surface area contributed by atoms with Gasteiger partial charge in [-0.05, 0) is 52.7 Å². The summed E-state index contributed by atoms with van der Waals surface area (Å²) in [4.78, 5) is 10.9. The Balaban J connectivity index is 2.33. The Morgan fingerprint density at radius 3 is 2.60 bits per heavy atom. The van der Waals surface area contributed by atoms with Crippen molar-refractivity contribution in [2.75, 3.05) is 4.72 Å². The SMILES string of the molecule is Cc1cc(S(=O)(=O)Nc2cccc(C(=O)O)c2)sc1Br. The summed E-state index contributed by atoms with van der Waals surface area (Å²) < 4.78 is 27.6. The minimum absolute atomic E-state index is 0.0220. The molecule has 1 aromatic carbocycles. The molecule has 0 amide bonds. The molecule has 8 heteroatoms. The first-order valence-corrected chi connectivity index (χ1v) is 8.51. The van der Waals surface area contributed by atoms with E-state index in [4.69, 9.17) is 5.11 Å². The van der Waals surface area contributed by atoms with Gasteiger partial charge < -0.3 is 5.11 Å². The molecular formula is C12H10BrNO4S2. The first-order valence-electron chi connectivity index (χ1n) is 5.42. The molecule has 0 aliphatic heterocycles. The summed E-state index contributed by atoms with van der Waals surface area (Å²) in [5, 5.41) is 8.88. The van der Waals surface area contributed by atoms with Gasteiger partial charge in [0.15, 0.2) is 0 Å². The lowest BCUT2D eigenvalue weighted by Gasteiger charge is -2.06. The van der Waals surface area contributed by atoms with Crippen molar-refractivity contribution in [3.05, 3.63) is 45.2 Å². The van der Waals surface area contributed by atoms with Crippen LogP contribution in [0.4, 0.5) is 5.69 Å². The number of rotatable bonds is 4. The molecule has 2 aromatic rings. The molecule has 0 spiro atoms. The molecule has 1 aromatic heterocycles. The number of benzene rings is 1. The van der Waals surface area contributed by atoms with E-state index in [2.05, 4.69) is 20.7 Å². The Hall–Kier alpha value is -1.38. The summed E-state index contributed by atoms with van der Waals surface area (Å²) in [6.07, 6.45) is 0. The highest BCUT2D eigenvalue weighted by Crippen LogP contribution is 2.31. The van der Waals surface area contributed by atoms with Gasteiger partial charge in [0, 0.05) is 5.69 Å². The fraction of sp³-hybridized carbons (Fsp3) is 0.0833. The number of aryl methyl sites for hydroxylation is 1. The number of sulfonamides is 1. The maximum Gasteiger partial charge on any atom is 0.335 e. The third-order valence-electron chi connectivity index (χ3n) is 2.46. The molecule has 2 N–H and O–H groups in total. The van der Waals surface area contributed by atoms with Crippen LogP contribution in [0.25, 0.3) is 0 Å². The molecule has 2 rings (SSSR count). The lowest BCUT2D eigenvalue weighted by molar-refractivity contribution is 0.0697. The van der Waals surface area contributed by atoms with Crippen molar-refractivity contribution in [2.45, 2.75) is 11.1 Å². The second kappa shape index (κ2) is 5.55. The van der Waals surface area contributed by atoms with Gasteiger partial charge in [-0.25, -0.2) is 13.2 Å². The number of thiophene rings is 1. The molecule has 20 heavy (non-hydrogen) atoms. The molecule has 0 aliphatic carbocycles. The Morgan fingerprint density at radius 1 is 1.35 bits per heavy atom. The van der Waals surface area contributed by atoms with Gasteiger partial charge in [0.05, 0.1) is 9.35 Å². The molecule has 0 atom stereocenters. The molecular weight excluding hydrogens is 366 g/mol. The third-order valence-corrected chi connectivity index (χ3v) is 6.45. The maximum absolute atomic E-state index is 12.2. The fourth-order valence-corrected chi connectivity index (χ4v) is 4.76. The van der Waals surface area contributed by atoms with Gasteiger partial charge in [0.2, 0.25) is 0 Å². The lowest BCUT2D eigenvalue weighted by atomic mass is 10.2. The summed E-state index contributed by atoms with van der Waals surface area (Å²) in [5.41, 5.74) is 1.07. The molecule has 0 unspecified atom stereocenters. The maximum atomic E-state index is 12.2. The number of carboxylic acids is 1. The summed E-state index contributed by atoms with van der Waals surface area (Å²) in [6, 6.07) is 7.20. The highest BCUT2D eigenvalue weighted by atomic mass is 79.9. The number of anilines is 1. The first kappa shape index (κ1) is 15.0. The van der Waals surface area contributed by atoms with Gasteiger partial charge in [0.1, 0.15) is 4.21 Å². The molecule has 0 aliphatic rings. The Bertz CT molecular complexity index is 748. The van der Waals surface area contributed by atoms with E-state index in [9.17, 15) is 13.2 Å².